The molecule has 16 aromatic carbocycles. The van der Waals surface area contributed by atoms with Gasteiger partial charge in [0.15, 0.2) is 0 Å². The predicted molar refractivity (Wildman–Crippen MR) is 354 cm³/mol. The van der Waals surface area contributed by atoms with E-state index < -0.39 is 0 Å². The molecular formula is C82H54. The Morgan fingerprint density at radius 2 is 0.378 bits per heavy atom. The number of rotatable bonds is 7. The first-order chi connectivity index (χ1) is 40.5. The summed E-state index contributed by atoms with van der Waals surface area (Å²) < 4.78 is 0. The van der Waals surface area contributed by atoms with Crippen LogP contribution in [0.2, 0.25) is 0 Å². The third-order valence-corrected chi connectivity index (χ3v) is 17.6. The smallest absolute Gasteiger partial charge is 0.00262 e. The highest BCUT2D eigenvalue weighted by Gasteiger charge is 2.22. The molecule has 16 rings (SSSR count). The van der Waals surface area contributed by atoms with Gasteiger partial charge in [-0.25, -0.2) is 0 Å². The van der Waals surface area contributed by atoms with E-state index in [1.54, 1.807) is 0 Å². The summed E-state index contributed by atoms with van der Waals surface area (Å²) in [5.41, 5.74) is 20.0. The summed E-state index contributed by atoms with van der Waals surface area (Å²) in [6, 6.07) is 109. The minimum atomic E-state index is 1.21. The third kappa shape index (κ3) is 7.60. The van der Waals surface area contributed by atoms with E-state index in [9.17, 15) is 0 Å². The number of hydrogen-bond donors (Lipinski definition) is 0. The molecule has 0 aliphatic carbocycles. The van der Waals surface area contributed by atoms with Crippen molar-refractivity contribution in [2.75, 3.05) is 0 Å². The summed E-state index contributed by atoms with van der Waals surface area (Å²) in [4.78, 5) is 0. The van der Waals surface area contributed by atoms with Gasteiger partial charge in [-0.1, -0.05) is 279 Å². The molecule has 0 heterocycles. The highest BCUT2D eigenvalue weighted by Crippen LogP contribution is 2.49. The highest BCUT2D eigenvalue weighted by molar-refractivity contribution is 6.24. The molecular weight excluding hydrogens is 985 g/mol. The van der Waals surface area contributed by atoms with Gasteiger partial charge in [0.1, 0.15) is 0 Å². The Morgan fingerprint density at radius 1 is 0.159 bits per heavy atom. The molecule has 0 unspecified atom stereocenters. The van der Waals surface area contributed by atoms with Crippen LogP contribution in [0.5, 0.6) is 0 Å². The lowest BCUT2D eigenvalue weighted by molar-refractivity contribution is 1.44. The zero-order chi connectivity index (χ0) is 54.4. The van der Waals surface area contributed by atoms with Gasteiger partial charge in [0.05, 0.1) is 0 Å². The SMILES string of the molecule is Cc1cc(-c2ccc(-c3c4ccccc4c(-c4ccc5ccccc5c4)c4ccccc34)cc2)c2ccccc2c1-c1c(C)cc(-c2ccc(-c3c4ccccc4c(-c4ccc5ccccc5c4)c4ccccc34)cc2)c2ccccc12. The summed E-state index contributed by atoms with van der Waals surface area (Å²) in [5, 5.41) is 20.1. The van der Waals surface area contributed by atoms with Crippen LogP contribution in [0.3, 0.4) is 0 Å². The fourth-order valence-electron chi connectivity index (χ4n) is 14.0. The Kier molecular flexibility index (Phi) is 11.1. The first-order valence-electron chi connectivity index (χ1n) is 28.6. The average molecular weight is 1040 g/mol. The van der Waals surface area contributed by atoms with Crippen molar-refractivity contribution in [1.29, 1.82) is 0 Å². The normalized spacial score (nSPS) is 11.8. The summed E-state index contributed by atoms with van der Waals surface area (Å²) >= 11 is 0. The average Bonchev–Trinajstić information content (AvgIpc) is 3.65. The van der Waals surface area contributed by atoms with Crippen LogP contribution in [0.4, 0.5) is 0 Å². The van der Waals surface area contributed by atoms with Gasteiger partial charge in [-0.15, -0.1) is 0 Å². The predicted octanol–water partition coefficient (Wildman–Crippen LogP) is 23.2. The molecule has 0 aliphatic rings. The van der Waals surface area contributed by atoms with Gasteiger partial charge in [0, 0.05) is 0 Å². The first-order valence-corrected chi connectivity index (χ1v) is 28.6. The summed E-state index contributed by atoms with van der Waals surface area (Å²) in [5.74, 6) is 0. The van der Waals surface area contributed by atoms with Crippen molar-refractivity contribution in [2.45, 2.75) is 13.8 Å². The number of hydrogen-bond acceptors (Lipinski definition) is 0. The summed E-state index contributed by atoms with van der Waals surface area (Å²) in [6.07, 6.45) is 0. The van der Waals surface area contributed by atoms with Gasteiger partial charge in [-0.05, 0) is 201 Å². The molecule has 382 valence electrons. The van der Waals surface area contributed by atoms with Gasteiger partial charge in [-0.3, -0.25) is 0 Å². The van der Waals surface area contributed by atoms with Crippen molar-refractivity contribution in [2.24, 2.45) is 0 Å². The third-order valence-electron chi connectivity index (χ3n) is 17.6. The van der Waals surface area contributed by atoms with Crippen LogP contribution >= 0.6 is 0 Å². The molecule has 82 heavy (non-hydrogen) atoms. The molecule has 0 N–H and O–H groups in total. The van der Waals surface area contributed by atoms with E-state index in [1.165, 1.54) is 175 Å². The van der Waals surface area contributed by atoms with Crippen molar-refractivity contribution < 1.29 is 0 Å². The van der Waals surface area contributed by atoms with Gasteiger partial charge in [0.2, 0.25) is 0 Å². The summed E-state index contributed by atoms with van der Waals surface area (Å²) in [7, 11) is 0. The fourth-order valence-corrected chi connectivity index (χ4v) is 14.0. The minimum Gasteiger partial charge on any atom is -0.0616 e. The van der Waals surface area contributed by atoms with Gasteiger partial charge in [-0.2, -0.15) is 0 Å². The van der Waals surface area contributed by atoms with E-state index in [1.807, 2.05) is 0 Å². The second-order valence-electron chi connectivity index (χ2n) is 22.3. The molecule has 0 heteroatoms. The van der Waals surface area contributed by atoms with Crippen molar-refractivity contribution >= 4 is 86.2 Å². The van der Waals surface area contributed by atoms with Gasteiger partial charge < -0.3 is 0 Å². The number of aryl methyl sites for hydroxylation is 2. The van der Waals surface area contributed by atoms with Crippen molar-refractivity contribution in [3.63, 3.8) is 0 Å². The second-order valence-corrected chi connectivity index (χ2v) is 22.3. The maximum Gasteiger partial charge on any atom is -0.00262 e. The zero-order valence-electron chi connectivity index (χ0n) is 45.7. The van der Waals surface area contributed by atoms with E-state index in [4.69, 9.17) is 0 Å². The molecule has 0 aromatic heterocycles. The van der Waals surface area contributed by atoms with E-state index in [0.717, 1.165) is 0 Å². The summed E-state index contributed by atoms with van der Waals surface area (Å²) in [6.45, 7) is 4.61. The van der Waals surface area contributed by atoms with Crippen LogP contribution in [0, 0.1) is 13.8 Å². The van der Waals surface area contributed by atoms with Crippen LogP contribution < -0.4 is 0 Å². The van der Waals surface area contributed by atoms with Crippen LogP contribution in [-0.2, 0) is 0 Å². The first kappa shape index (κ1) is 47.6. The lowest BCUT2D eigenvalue weighted by Gasteiger charge is -2.21. The topological polar surface area (TPSA) is 0 Å². The van der Waals surface area contributed by atoms with E-state index in [0.29, 0.717) is 0 Å². The second kappa shape index (κ2) is 19.2. The van der Waals surface area contributed by atoms with Crippen LogP contribution in [0.25, 0.3) is 164 Å². The van der Waals surface area contributed by atoms with E-state index >= 15 is 0 Å². The molecule has 0 atom stereocenters. The Labute approximate surface area is 477 Å². The maximum absolute atomic E-state index is 2.43. The van der Waals surface area contributed by atoms with E-state index in [-0.39, 0.29) is 0 Å². The molecule has 0 bridgehead atoms. The van der Waals surface area contributed by atoms with Crippen LogP contribution in [0.1, 0.15) is 11.1 Å². The lowest BCUT2D eigenvalue weighted by atomic mass is 9.82. The Balaban J connectivity index is 0.779. The van der Waals surface area contributed by atoms with Gasteiger partial charge in [0.25, 0.3) is 0 Å². The van der Waals surface area contributed by atoms with Crippen molar-refractivity contribution in [1.82, 2.24) is 0 Å². The molecule has 0 fully saturated rings. The molecule has 0 amide bonds. The molecule has 0 saturated heterocycles. The van der Waals surface area contributed by atoms with E-state index in [2.05, 4.69) is 305 Å². The molecule has 16 aromatic rings. The minimum absolute atomic E-state index is 1.21. The zero-order valence-corrected chi connectivity index (χ0v) is 45.7. The quantitative estimate of drug-likeness (QED) is 0.140. The lowest BCUT2D eigenvalue weighted by Crippen LogP contribution is -1.95. The molecule has 0 nitrogen and oxygen atoms in total. The van der Waals surface area contributed by atoms with Crippen molar-refractivity contribution in [3.8, 4) is 77.9 Å². The molecule has 0 aliphatic heterocycles. The van der Waals surface area contributed by atoms with Crippen molar-refractivity contribution in [3.05, 3.63) is 302 Å². The molecule has 0 radical (unpaired) electrons. The Hall–Kier alpha value is -10.4. The van der Waals surface area contributed by atoms with Crippen LogP contribution in [0.15, 0.2) is 291 Å². The largest absolute Gasteiger partial charge is 0.0616 e. The fraction of sp³-hybridized carbons (Fsp3) is 0.0244. The van der Waals surface area contributed by atoms with Crippen LogP contribution in [-0.4, -0.2) is 0 Å². The maximum atomic E-state index is 2.43. The van der Waals surface area contributed by atoms with Gasteiger partial charge >= 0.3 is 0 Å². The monoisotopic (exact) mass is 1040 g/mol. The standard InChI is InChI=1S/C82H54/c1-51-47-75(55-37-41-57(42-38-55)79-67-27-11-15-31-71(67)81(72-32-16-12-28-68(72)79)61-45-35-53-19-3-5-21-59(53)49-61)63-23-7-9-25-65(63)77(51)78-52(2)48-76(64-24-8-10-26-66(64)78)56-39-43-58(44-40-56)80-69-29-13-17-33-73(69)82(74-34-18-14-30-70(74)80)62-46-36-54-20-4-6-22-60(54)50-62/h3-50H,1-2H3. The number of benzene rings is 16. The highest BCUT2D eigenvalue weighted by atomic mass is 14.3. The molecule has 0 saturated carbocycles. The Morgan fingerprint density at radius 3 is 0.683 bits per heavy atom. The Bertz CT molecular complexity index is 4820. The molecule has 0 spiro atoms. The number of fused-ring (bicyclic) bond motifs is 8.